The van der Waals surface area contributed by atoms with Gasteiger partial charge in [0.1, 0.15) is 6.61 Å². The van der Waals surface area contributed by atoms with Crippen LogP contribution in [-0.4, -0.2) is 46.2 Å². The van der Waals surface area contributed by atoms with Crippen LogP contribution in [-0.2, 0) is 27.4 Å². The molecule has 0 saturated heterocycles. The molecule has 0 saturated carbocycles. The van der Waals surface area contributed by atoms with Gasteiger partial charge in [0, 0.05) is 30.4 Å². The highest BCUT2D eigenvalue weighted by atomic mass is 35.5. The quantitative estimate of drug-likeness (QED) is 0.361. The minimum Gasteiger partial charge on any atom is -0.493 e. The highest BCUT2D eigenvalue weighted by Crippen LogP contribution is 2.52. The molecule has 0 fully saturated rings. The van der Waals surface area contributed by atoms with Gasteiger partial charge in [0.15, 0.2) is 17.2 Å². The number of esters is 1. The Labute approximate surface area is 221 Å². The molecule has 37 heavy (non-hydrogen) atoms. The van der Waals surface area contributed by atoms with Crippen LogP contribution in [0.25, 0.3) is 11.1 Å². The van der Waals surface area contributed by atoms with Crippen LogP contribution in [0.5, 0.6) is 23.0 Å². The number of methoxy groups -OCH3 is 4. The number of hydrogen-bond acceptors (Lipinski definition) is 8. The van der Waals surface area contributed by atoms with E-state index in [0.717, 1.165) is 5.56 Å². The summed E-state index contributed by atoms with van der Waals surface area (Å²) in [4.78, 5) is 37.3. The first kappa shape index (κ1) is 28.1. The molecular weight excluding hydrogens is 502 g/mol. The maximum absolute atomic E-state index is 12.9. The molecule has 0 heterocycles. The number of hydrogen-bond donors (Lipinski definition) is 1. The number of nitrogens with one attached hydrogen (secondary N) is 1. The van der Waals surface area contributed by atoms with Crippen molar-refractivity contribution in [3.63, 3.8) is 0 Å². The summed E-state index contributed by atoms with van der Waals surface area (Å²) in [5.74, 6) is 0.989. The number of ether oxygens (including phenoxy) is 5. The van der Waals surface area contributed by atoms with Crippen LogP contribution >= 0.6 is 11.6 Å². The predicted molar refractivity (Wildman–Crippen MR) is 139 cm³/mol. The lowest BCUT2D eigenvalue weighted by molar-refractivity contribution is -0.145. The van der Waals surface area contributed by atoms with Crippen molar-refractivity contribution in [2.24, 2.45) is 0 Å². The van der Waals surface area contributed by atoms with Gasteiger partial charge >= 0.3 is 5.97 Å². The van der Waals surface area contributed by atoms with E-state index in [0.29, 0.717) is 64.6 Å². The normalized spacial score (nSPS) is 13.9. The van der Waals surface area contributed by atoms with Gasteiger partial charge in [-0.05, 0) is 48.1 Å². The number of carbonyl (C=O) groups excluding carboxylic acids is 2. The van der Waals surface area contributed by atoms with Crippen LogP contribution in [0.4, 0.5) is 0 Å². The third-order valence-corrected chi connectivity index (χ3v) is 6.52. The van der Waals surface area contributed by atoms with Crippen molar-refractivity contribution >= 4 is 23.5 Å². The second kappa shape index (κ2) is 12.7. The van der Waals surface area contributed by atoms with Crippen LogP contribution in [0, 0.1) is 0 Å². The molecule has 0 unspecified atom stereocenters. The second-order valence-electron chi connectivity index (χ2n) is 8.46. The predicted octanol–water partition coefficient (Wildman–Crippen LogP) is 3.93. The summed E-state index contributed by atoms with van der Waals surface area (Å²) < 4.78 is 28.1. The van der Waals surface area contributed by atoms with E-state index in [-0.39, 0.29) is 36.1 Å². The second-order valence-corrected chi connectivity index (χ2v) is 8.83. The zero-order chi connectivity index (χ0) is 27.1. The molecule has 10 heteroatoms. The van der Waals surface area contributed by atoms with E-state index in [1.807, 2.05) is 0 Å². The van der Waals surface area contributed by atoms with E-state index < -0.39 is 6.04 Å². The van der Waals surface area contributed by atoms with E-state index in [1.165, 1.54) is 41.4 Å². The summed E-state index contributed by atoms with van der Waals surface area (Å²) >= 11 is 5.72. The first-order valence-electron chi connectivity index (χ1n) is 11.9. The molecule has 1 amide bonds. The molecule has 0 aliphatic heterocycles. The molecule has 3 rings (SSSR count). The van der Waals surface area contributed by atoms with Crippen molar-refractivity contribution in [3.05, 3.63) is 45.1 Å². The van der Waals surface area contributed by atoms with Crippen molar-refractivity contribution in [1.29, 1.82) is 0 Å². The Morgan fingerprint density at radius 3 is 2.32 bits per heavy atom. The van der Waals surface area contributed by atoms with Crippen molar-refractivity contribution in [2.45, 2.75) is 45.3 Å². The fourth-order valence-corrected chi connectivity index (χ4v) is 4.81. The molecular formula is C27H32ClNO8. The zero-order valence-electron chi connectivity index (χ0n) is 21.7. The highest BCUT2D eigenvalue weighted by Gasteiger charge is 2.33. The van der Waals surface area contributed by atoms with Gasteiger partial charge in [-0.3, -0.25) is 14.4 Å². The van der Waals surface area contributed by atoms with Gasteiger partial charge in [-0.1, -0.05) is 6.07 Å². The Kier molecular flexibility index (Phi) is 9.63. The number of rotatable bonds is 10. The monoisotopic (exact) mass is 533 g/mol. The zero-order valence-corrected chi connectivity index (χ0v) is 22.5. The number of halogens is 1. The minimum atomic E-state index is -0.467. The Morgan fingerprint density at radius 2 is 1.73 bits per heavy atom. The molecule has 1 N–H and O–H groups in total. The summed E-state index contributed by atoms with van der Waals surface area (Å²) in [6.45, 7) is 1.36. The van der Waals surface area contributed by atoms with Crippen molar-refractivity contribution in [2.75, 3.05) is 34.3 Å². The maximum Gasteiger partial charge on any atom is 0.306 e. The highest BCUT2D eigenvalue weighted by molar-refractivity contribution is 6.17. The number of alkyl halides is 1. The molecule has 1 atom stereocenters. The Morgan fingerprint density at radius 1 is 1.03 bits per heavy atom. The van der Waals surface area contributed by atoms with Crippen LogP contribution < -0.4 is 29.7 Å². The molecule has 2 aromatic carbocycles. The van der Waals surface area contributed by atoms with Crippen LogP contribution in [0.2, 0.25) is 0 Å². The van der Waals surface area contributed by atoms with Crippen molar-refractivity contribution < 1.29 is 33.3 Å². The molecule has 0 aromatic heterocycles. The lowest BCUT2D eigenvalue weighted by Gasteiger charge is -2.23. The number of amides is 1. The van der Waals surface area contributed by atoms with Crippen molar-refractivity contribution in [3.8, 4) is 34.1 Å². The molecule has 1 aliphatic rings. The minimum absolute atomic E-state index is 0.0673. The first-order chi connectivity index (χ1) is 17.8. The average molecular weight is 534 g/mol. The molecule has 2 aromatic rings. The Balaban J connectivity index is 2.36. The fourth-order valence-electron chi connectivity index (χ4n) is 4.68. The van der Waals surface area contributed by atoms with Gasteiger partial charge in [-0.2, -0.15) is 0 Å². The summed E-state index contributed by atoms with van der Waals surface area (Å²) in [5.41, 5.74) is 3.01. The molecule has 1 aliphatic carbocycles. The molecule has 0 spiro atoms. The van der Waals surface area contributed by atoms with E-state index in [4.69, 9.17) is 35.3 Å². The van der Waals surface area contributed by atoms with Gasteiger partial charge in [0.25, 0.3) is 0 Å². The maximum atomic E-state index is 12.9. The van der Waals surface area contributed by atoms with Crippen LogP contribution in [0.3, 0.4) is 0 Å². The molecule has 200 valence electrons. The Hall–Kier alpha value is -3.46. The number of carbonyl (C=O) groups is 2. The van der Waals surface area contributed by atoms with E-state index in [1.54, 1.807) is 12.1 Å². The lowest BCUT2D eigenvalue weighted by Crippen LogP contribution is -2.26. The third-order valence-electron chi connectivity index (χ3n) is 6.25. The number of benzene rings is 1. The van der Waals surface area contributed by atoms with Gasteiger partial charge in [-0.25, -0.2) is 0 Å². The standard InChI is InChI=1S/C27H32ClNO8/c1-15(30)29-20-10-8-17-19(14-37-23(32)7-6-12-28)25(34-3)27(36-5)26(35-4)24(17)16-9-11-22(33-2)21(31)13-18(16)20/h9,11,13,20H,6-8,10,12,14H2,1-5H3,(H,29,30)/t20-/m1/s1. The van der Waals surface area contributed by atoms with Crippen LogP contribution in [0.15, 0.2) is 23.0 Å². The summed E-state index contributed by atoms with van der Waals surface area (Å²) in [7, 11) is 5.93. The lowest BCUT2D eigenvalue weighted by atomic mass is 9.91. The van der Waals surface area contributed by atoms with E-state index >= 15 is 0 Å². The van der Waals surface area contributed by atoms with E-state index in [2.05, 4.69) is 5.32 Å². The number of fused-ring (bicyclic) bond motifs is 3. The molecule has 9 nitrogen and oxygen atoms in total. The van der Waals surface area contributed by atoms with Gasteiger partial charge < -0.3 is 29.0 Å². The van der Waals surface area contributed by atoms with Gasteiger partial charge in [0.2, 0.25) is 17.1 Å². The first-order valence-corrected chi connectivity index (χ1v) is 12.4. The third kappa shape index (κ3) is 5.93. The largest absolute Gasteiger partial charge is 0.493 e. The summed E-state index contributed by atoms with van der Waals surface area (Å²) in [6, 6.07) is 4.36. The summed E-state index contributed by atoms with van der Waals surface area (Å²) in [6.07, 6.45) is 1.63. The van der Waals surface area contributed by atoms with Crippen molar-refractivity contribution in [1.82, 2.24) is 5.32 Å². The SMILES string of the molecule is COc1c(COC(=O)CCCCl)c2c(c(OC)c1OC)-c1ccc(OC)c(=O)cc1[C@H](NC(C)=O)CC2. The average Bonchev–Trinajstić information content (AvgIpc) is 3.13. The van der Waals surface area contributed by atoms with E-state index in [9.17, 15) is 14.4 Å². The topological polar surface area (TPSA) is 109 Å². The van der Waals surface area contributed by atoms with Crippen LogP contribution in [0.1, 0.15) is 48.9 Å². The summed E-state index contributed by atoms with van der Waals surface area (Å²) in [5, 5.41) is 2.96. The molecule has 0 bridgehead atoms. The smallest absolute Gasteiger partial charge is 0.306 e. The van der Waals surface area contributed by atoms with Gasteiger partial charge in [0.05, 0.1) is 34.5 Å². The fraction of sp³-hybridized carbons (Fsp3) is 0.444. The molecule has 0 radical (unpaired) electrons. The van der Waals surface area contributed by atoms with Gasteiger partial charge in [-0.15, -0.1) is 11.6 Å². The Bertz CT molecular complexity index is 1230.